The number of hydrogen-bond acceptors (Lipinski definition) is 3. The van der Waals surface area contributed by atoms with E-state index in [1.807, 2.05) is 6.07 Å². The van der Waals surface area contributed by atoms with Crippen LogP contribution in [0.15, 0.2) is 24.3 Å². The second-order valence-corrected chi connectivity index (χ2v) is 4.19. The third-order valence-electron chi connectivity index (χ3n) is 3.04. The van der Waals surface area contributed by atoms with Crippen molar-refractivity contribution in [1.82, 2.24) is 4.90 Å². The lowest BCUT2D eigenvalue weighted by Crippen LogP contribution is -2.40. The van der Waals surface area contributed by atoms with Crippen LogP contribution in [-0.2, 0) is 4.79 Å². The normalized spacial score (nSPS) is 18.4. The largest absolute Gasteiger partial charge is 0.480 e. The van der Waals surface area contributed by atoms with Gasteiger partial charge in [-0.05, 0) is 31.0 Å². The van der Waals surface area contributed by atoms with E-state index in [1.54, 1.807) is 18.2 Å². The third-order valence-corrected chi connectivity index (χ3v) is 3.04. The molecule has 2 rings (SSSR count). The highest BCUT2D eigenvalue weighted by molar-refractivity contribution is 5.97. The predicted molar refractivity (Wildman–Crippen MR) is 62.9 cm³/mol. The molecule has 1 N–H and O–H groups in total. The molecule has 1 aromatic rings. The highest BCUT2D eigenvalue weighted by Gasteiger charge is 2.34. The van der Waals surface area contributed by atoms with E-state index in [2.05, 4.69) is 0 Å². The van der Waals surface area contributed by atoms with Crippen LogP contribution in [0.5, 0.6) is 0 Å². The maximum Gasteiger partial charge on any atom is 0.326 e. The van der Waals surface area contributed by atoms with Crippen LogP contribution in [0.2, 0.25) is 0 Å². The molecule has 1 saturated heterocycles. The van der Waals surface area contributed by atoms with Crippen molar-refractivity contribution in [2.75, 3.05) is 6.54 Å². The summed E-state index contributed by atoms with van der Waals surface area (Å²) in [6, 6.07) is 7.53. The number of carbonyl (C=O) groups is 2. The van der Waals surface area contributed by atoms with Crippen LogP contribution in [0.25, 0.3) is 0 Å². The van der Waals surface area contributed by atoms with Crippen molar-refractivity contribution in [2.45, 2.75) is 18.9 Å². The molecule has 1 aliphatic rings. The molecule has 18 heavy (non-hydrogen) atoms. The number of nitrogens with zero attached hydrogens (tertiary/aromatic N) is 2. The topological polar surface area (TPSA) is 81.4 Å². The van der Waals surface area contributed by atoms with Crippen molar-refractivity contribution in [3.05, 3.63) is 35.4 Å². The van der Waals surface area contributed by atoms with Gasteiger partial charge in [-0.25, -0.2) is 4.79 Å². The number of benzene rings is 1. The molecule has 92 valence electrons. The Balaban J connectivity index is 2.25. The molecular weight excluding hydrogens is 232 g/mol. The van der Waals surface area contributed by atoms with E-state index in [4.69, 9.17) is 10.4 Å². The second-order valence-electron chi connectivity index (χ2n) is 4.19. The number of carboxylic acid groups (broad SMARTS) is 1. The van der Waals surface area contributed by atoms with Gasteiger partial charge < -0.3 is 10.0 Å². The van der Waals surface area contributed by atoms with E-state index in [0.717, 1.165) is 0 Å². The zero-order chi connectivity index (χ0) is 13.1. The molecule has 1 atom stereocenters. The van der Waals surface area contributed by atoms with Gasteiger partial charge in [-0.15, -0.1) is 0 Å². The van der Waals surface area contributed by atoms with E-state index < -0.39 is 12.0 Å². The molecule has 5 nitrogen and oxygen atoms in total. The molecule has 0 radical (unpaired) electrons. The standard InChI is InChI=1S/C13H12N2O3/c14-8-9-3-1-4-10(7-9)12(16)15-6-2-5-11(15)13(17)18/h1,3-4,7,11H,2,5-6H2,(H,17,18)/t11-/m1/s1. The molecule has 0 saturated carbocycles. The Kier molecular flexibility index (Phi) is 3.28. The van der Waals surface area contributed by atoms with Crippen LogP contribution in [-0.4, -0.2) is 34.5 Å². The van der Waals surface area contributed by atoms with Crippen LogP contribution in [0.1, 0.15) is 28.8 Å². The fourth-order valence-electron chi connectivity index (χ4n) is 2.15. The van der Waals surface area contributed by atoms with E-state index in [-0.39, 0.29) is 5.91 Å². The number of carbonyl (C=O) groups excluding carboxylic acids is 1. The molecule has 1 aliphatic heterocycles. The maximum absolute atomic E-state index is 12.2. The van der Waals surface area contributed by atoms with E-state index >= 15 is 0 Å². The minimum atomic E-state index is -0.975. The quantitative estimate of drug-likeness (QED) is 0.848. The first-order chi connectivity index (χ1) is 8.63. The SMILES string of the molecule is N#Cc1cccc(C(=O)N2CCC[C@@H]2C(=O)O)c1. The van der Waals surface area contributed by atoms with Gasteiger partial charge in [0.05, 0.1) is 11.6 Å². The Morgan fingerprint density at radius 3 is 2.89 bits per heavy atom. The Hall–Kier alpha value is -2.35. The smallest absolute Gasteiger partial charge is 0.326 e. The first kappa shape index (κ1) is 12.1. The van der Waals surface area contributed by atoms with Crippen LogP contribution >= 0.6 is 0 Å². The average Bonchev–Trinajstić information content (AvgIpc) is 2.87. The van der Waals surface area contributed by atoms with Gasteiger partial charge in [0, 0.05) is 12.1 Å². The molecule has 0 spiro atoms. The van der Waals surface area contributed by atoms with Crippen LogP contribution in [0, 0.1) is 11.3 Å². The summed E-state index contributed by atoms with van der Waals surface area (Å²) in [4.78, 5) is 24.6. The number of amides is 1. The maximum atomic E-state index is 12.2. The molecule has 1 heterocycles. The zero-order valence-electron chi connectivity index (χ0n) is 9.67. The lowest BCUT2D eigenvalue weighted by molar-refractivity contribution is -0.141. The zero-order valence-corrected chi connectivity index (χ0v) is 9.67. The minimum Gasteiger partial charge on any atom is -0.480 e. The van der Waals surface area contributed by atoms with Crippen LogP contribution in [0.3, 0.4) is 0 Å². The van der Waals surface area contributed by atoms with E-state index in [1.165, 1.54) is 11.0 Å². The van der Waals surface area contributed by atoms with E-state index in [0.29, 0.717) is 30.5 Å². The first-order valence-corrected chi connectivity index (χ1v) is 5.67. The van der Waals surface area contributed by atoms with Gasteiger partial charge in [0.15, 0.2) is 0 Å². The van der Waals surface area contributed by atoms with Gasteiger partial charge in [0.25, 0.3) is 5.91 Å². The van der Waals surface area contributed by atoms with Crippen molar-refractivity contribution < 1.29 is 14.7 Å². The van der Waals surface area contributed by atoms with Crippen LogP contribution in [0.4, 0.5) is 0 Å². The second kappa shape index (κ2) is 4.88. The number of likely N-dealkylation sites (tertiary alicyclic amines) is 1. The summed E-state index contributed by atoms with van der Waals surface area (Å²) in [6.07, 6.45) is 1.18. The highest BCUT2D eigenvalue weighted by Crippen LogP contribution is 2.20. The van der Waals surface area contributed by atoms with Crippen molar-refractivity contribution >= 4 is 11.9 Å². The Bertz CT molecular complexity index is 533. The molecular formula is C13H12N2O3. The van der Waals surface area contributed by atoms with E-state index in [9.17, 15) is 9.59 Å². The van der Waals surface area contributed by atoms with Gasteiger partial charge in [-0.3, -0.25) is 4.79 Å². The Morgan fingerprint density at radius 2 is 2.22 bits per heavy atom. The van der Waals surface area contributed by atoms with Gasteiger partial charge in [0.1, 0.15) is 6.04 Å². The third kappa shape index (κ3) is 2.18. The number of rotatable bonds is 2. The average molecular weight is 244 g/mol. The molecule has 1 fully saturated rings. The summed E-state index contributed by atoms with van der Waals surface area (Å²) in [5.41, 5.74) is 0.758. The fraction of sp³-hybridized carbons (Fsp3) is 0.308. The number of aliphatic carboxylic acids is 1. The first-order valence-electron chi connectivity index (χ1n) is 5.67. The lowest BCUT2D eigenvalue weighted by atomic mass is 10.1. The van der Waals surface area contributed by atoms with Gasteiger partial charge in [0.2, 0.25) is 0 Å². The number of hydrogen-bond donors (Lipinski definition) is 1. The fourth-order valence-corrected chi connectivity index (χ4v) is 2.15. The highest BCUT2D eigenvalue weighted by atomic mass is 16.4. The minimum absolute atomic E-state index is 0.322. The van der Waals surface area contributed by atoms with Crippen molar-refractivity contribution in [3.8, 4) is 6.07 Å². The number of carboxylic acids is 1. The Labute approximate surface area is 104 Å². The molecule has 1 aromatic carbocycles. The van der Waals surface area contributed by atoms with Crippen molar-refractivity contribution in [2.24, 2.45) is 0 Å². The molecule has 0 bridgehead atoms. The molecule has 5 heteroatoms. The molecule has 1 amide bonds. The van der Waals surface area contributed by atoms with Gasteiger partial charge in [-0.1, -0.05) is 6.07 Å². The van der Waals surface area contributed by atoms with Crippen molar-refractivity contribution in [3.63, 3.8) is 0 Å². The molecule has 0 aromatic heterocycles. The molecule has 0 aliphatic carbocycles. The summed E-state index contributed by atoms with van der Waals surface area (Å²) in [7, 11) is 0. The molecule has 0 unspecified atom stereocenters. The van der Waals surface area contributed by atoms with Gasteiger partial charge in [-0.2, -0.15) is 5.26 Å². The lowest BCUT2D eigenvalue weighted by Gasteiger charge is -2.21. The van der Waals surface area contributed by atoms with Gasteiger partial charge >= 0.3 is 5.97 Å². The summed E-state index contributed by atoms with van der Waals surface area (Å²) in [5, 5.41) is 17.8. The number of nitriles is 1. The summed E-state index contributed by atoms with van der Waals surface area (Å²) >= 11 is 0. The van der Waals surface area contributed by atoms with Crippen LogP contribution < -0.4 is 0 Å². The monoisotopic (exact) mass is 244 g/mol. The van der Waals surface area contributed by atoms with Crippen molar-refractivity contribution in [1.29, 1.82) is 5.26 Å². The Morgan fingerprint density at radius 1 is 1.44 bits per heavy atom. The summed E-state index contributed by atoms with van der Waals surface area (Å²) in [5.74, 6) is -1.30. The predicted octanol–water partition coefficient (Wildman–Crippen LogP) is 1.25. The summed E-state index contributed by atoms with van der Waals surface area (Å²) < 4.78 is 0. The summed E-state index contributed by atoms with van der Waals surface area (Å²) in [6.45, 7) is 0.451.